The average Bonchev–Trinajstić information content (AvgIpc) is 2.79. The molecule has 36 heavy (non-hydrogen) atoms. The number of aliphatic hydroxyl groups is 1. The Morgan fingerprint density at radius 3 is 2.06 bits per heavy atom. The largest absolute Gasteiger partial charge is 0.508 e. The topological polar surface area (TPSA) is 234 Å². The Bertz CT molecular complexity index is 928. The molecule has 0 fully saturated rings. The Balaban J connectivity index is 2.97. The maximum Gasteiger partial charge on any atom is 0.326 e. The predicted molar refractivity (Wildman–Crippen MR) is 132 cm³/mol. The lowest BCUT2D eigenvalue weighted by molar-refractivity contribution is -0.142. The first kappa shape index (κ1) is 30.7. The van der Waals surface area contributed by atoms with Crippen LogP contribution in [0.15, 0.2) is 24.3 Å². The second kappa shape index (κ2) is 14.9. The number of phenols is 1. The van der Waals surface area contributed by atoms with Gasteiger partial charge in [0.1, 0.15) is 23.9 Å². The zero-order valence-electron chi connectivity index (χ0n) is 20.0. The predicted octanol–water partition coefficient (Wildman–Crippen LogP) is -2.19. The van der Waals surface area contributed by atoms with Crippen molar-refractivity contribution in [1.29, 1.82) is 0 Å². The van der Waals surface area contributed by atoms with Gasteiger partial charge in [0.15, 0.2) is 0 Å². The molecule has 200 valence electrons. The van der Waals surface area contributed by atoms with E-state index in [2.05, 4.69) is 16.0 Å². The highest BCUT2D eigenvalue weighted by Gasteiger charge is 2.32. The van der Waals surface area contributed by atoms with Crippen LogP contribution in [0.25, 0.3) is 0 Å². The lowest BCUT2D eigenvalue weighted by atomic mass is 10.0. The lowest BCUT2D eigenvalue weighted by Crippen LogP contribution is -2.60. The Morgan fingerprint density at radius 2 is 1.56 bits per heavy atom. The summed E-state index contributed by atoms with van der Waals surface area (Å²) in [5.41, 5.74) is 11.1. The average molecular weight is 528 g/mol. The van der Waals surface area contributed by atoms with E-state index in [1.54, 1.807) is 6.26 Å². The van der Waals surface area contributed by atoms with Crippen molar-refractivity contribution in [2.24, 2.45) is 11.5 Å². The fourth-order valence-corrected chi connectivity index (χ4v) is 3.55. The standard InChI is InChI=1S/C22H33N5O8S/c1-11(28)18(27-19(31)14(23)10-17(24)30)21(33)25-15(7-8-36-2)20(32)26-16(22(34)35)9-12-3-5-13(29)6-4-12/h3-6,11,14-16,18,28-29H,7-10,23H2,1-2H3,(H2,24,30)(H,25,33)(H,26,32)(H,27,31)(H,34,35). The molecule has 13 nitrogen and oxygen atoms in total. The van der Waals surface area contributed by atoms with Gasteiger partial charge in [0.25, 0.3) is 0 Å². The number of nitrogens with one attached hydrogen (secondary N) is 3. The number of benzene rings is 1. The summed E-state index contributed by atoms with van der Waals surface area (Å²) in [6.45, 7) is 1.24. The van der Waals surface area contributed by atoms with Crippen molar-refractivity contribution in [2.45, 2.75) is 56.5 Å². The molecule has 0 saturated heterocycles. The van der Waals surface area contributed by atoms with E-state index in [9.17, 15) is 39.3 Å². The number of aromatic hydroxyl groups is 1. The molecule has 5 atom stereocenters. The third-order valence-electron chi connectivity index (χ3n) is 5.05. The first-order valence-electron chi connectivity index (χ1n) is 11.0. The first-order valence-corrected chi connectivity index (χ1v) is 12.4. The molecule has 0 bridgehead atoms. The monoisotopic (exact) mass is 527 g/mol. The summed E-state index contributed by atoms with van der Waals surface area (Å²) in [5, 5.41) is 36.0. The number of aliphatic carboxylic acids is 1. The van der Waals surface area contributed by atoms with Crippen molar-refractivity contribution < 1.29 is 39.3 Å². The molecule has 1 rings (SSSR count). The van der Waals surface area contributed by atoms with Crippen LogP contribution in [0.5, 0.6) is 5.75 Å². The number of rotatable bonds is 15. The highest BCUT2D eigenvalue weighted by atomic mass is 32.2. The van der Waals surface area contributed by atoms with Crippen LogP contribution in [0, 0.1) is 0 Å². The van der Waals surface area contributed by atoms with E-state index < -0.39 is 66.3 Å². The third-order valence-corrected chi connectivity index (χ3v) is 5.70. The number of primary amides is 1. The van der Waals surface area contributed by atoms with Crippen molar-refractivity contribution in [3.05, 3.63) is 29.8 Å². The minimum absolute atomic E-state index is 0.00448. The van der Waals surface area contributed by atoms with Crippen LogP contribution >= 0.6 is 11.8 Å². The van der Waals surface area contributed by atoms with Gasteiger partial charge in [-0.15, -0.1) is 0 Å². The Kier molecular flexibility index (Phi) is 12.7. The number of thioether (sulfide) groups is 1. The molecule has 0 spiro atoms. The Hall–Kier alpha value is -3.36. The van der Waals surface area contributed by atoms with Crippen molar-refractivity contribution in [3.63, 3.8) is 0 Å². The van der Waals surface area contributed by atoms with E-state index in [0.29, 0.717) is 11.3 Å². The van der Waals surface area contributed by atoms with Gasteiger partial charge in [-0.2, -0.15) is 11.8 Å². The summed E-state index contributed by atoms with van der Waals surface area (Å²) in [7, 11) is 0. The van der Waals surface area contributed by atoms with Crippen LogP contribution in [0.3, 0.4) is 0 Å². The first-order chi connectivity index (χ1) is 16.8. The van der Waals surface area contributed by atoms with Gasteiger partial charge in [0.05, 0.1) is 18.6 Å². The summed E-state index contributed by atoms with van der Waals surface area (Å²) in [6.07, 6.45) is -0.0300. The second-order valence-corrected chi connectivity index (χ2v) is 9.10. The van der Waals surface area contributed by atoms with Gasteiger partial charge in [0.2, 0.25) is 23.6 Å². The zero-order valence-corrected chi connectivity index (χ0v) is 20.8. The quantitative estimate of drug-likeness (QED) is 0.123. The smallest absolute Gasteiger partial charge is 0.326 e. The number of nitrogens with two attached hydrogens (primary N) is 2. The fraction of sp³-hybridized carbons (Fsp3) is 0.500. The summed E-state index contributed by atoms with van der Waals surface area (Å²) >= 11 is 1.39. The maximum atomic E-state index is 12.9. The number of amides is 4. The number of carbonyl (C=O) groups excluding carboxylic acids is 4. The molecule has 4 amide bonds. The molecule has 0 aliphatic rings. The van der Waals surface area contributed by atoms with Gasteiger partial charge < -0.3 is 42.7 Å². The van der Waals surface area contributed by atoms with Gasteiger partial charge in [0, 0.05) is 6.42 Å². The van der Waals surface area contributed by atoms with Crippen LogP contribution < -0.4 is 27.4 Å². The molecule has 1 aromatic carbocycles. The molecule has 14 heteroatoms. The van der Waals surface area contributed by atoms with Gasteiger partial charge >= 0.3 is 5.97 Å². The van der Waals surface area contributed by atoms with Gasteiger partial charge in [-0.3, -0.25) is 19.2 Å². The number of carboxylic acids is 1. The molecule has 10 N–H and O–H groups in total. The van der Waals surface area contributed by atoms with E-state index in [-0.39, 0.29) is 18.6 Å². The van der Waals surface area contributed by atoms with E-state index in [4.69, 9.17) is 11.5 Å². The van der Waals surface area contributed by atoms with Crippen molar-refractivity contribution in [2.75, 3.05) is 12.0 Å². The fourth-order valence-electron chi connectivity index (χ4n) is 3.08. The molecular weight excluding hydrogens is 494 g/mol. The van der Waals surface area contributed by atoms with E-state index in [1.165, 1.54) is 43.0 Å². The van der Waals surface area contributed by atoms with Crippen molar-refractivity contribution in [3.8, 4) is 5.75 Å². The number of carbonyl (C=O) groups is 5. The van der Waals surface area contributed by atoms with E-state index in [1.807, 2.05) is 0 Å². The molecule has 1 aromatic rings. The Morgan fingerprint density at radius 1 is 0.972 bits per heavy atom. The number of hydrogen-bond acceptors (Lipinski definition) is 9. The maximum absolute atomic E-state index is 12.9. The number of aliphatic hydroxyl groups excluding tert-OH is 1. The number of phenolic OH excluding ortho intramolecular Hbond substituents is 1. The highest BCUT2D eigenvalue weighted by Crippen LogP contribution is 2.12. The van der Waals surface area contributed by atoms with Crippen LogP contribution in [-0.4, -0.2) is 87.2 Å². The van der Waals surface area contributed by atoms with Crippen molar-refractivity contribution >= 4 is 41.4 Å². The van der Waals surface area contributed by atoms with Crippen LogP contribution in [0.2, 0.25) is 0 Å². The molecule has 0 radical (unpaired) electrons. The van der Waals surface area contributed by atoms with Gasteiger partial charge in [-0.1, -0.05) is 12.1 Å². The molecule has 5 unspecified atom stereocenters. The lowest BCUT2D eigenvalue weighted by Gasteiger charge is -2.26. The zero-order chi connectivity index (χ0) is 27.4. The normalized spacial score (nSPS) is 15.0. The minimum atomic E-state index is -1.51. The molecule has 0 saturated carbocycles. The highest BCUT2D eigenvalue weighted by molar-refractivity contribution is 7.98. The number of carboxylic acid groups (broad SMARTS) is 1. The third kappa shape index (κ3) is 10.5. The molecular formula is C22H33N5O8S. The summed E-state index contributed by atoms with van der Waals surface area (Å²) in [4.78, 5) is 60.7. The second-order valence-electron chi connectivity index (χ2n) is 8.12. The summed E-state index contributed by atoms with van der Waals surface area (Å²) in [6, 6.07) is 0.455. The molecule has 0 aliphatic carbocycles. The molecule has 0 heterocycles. The Labute approximate surface area is 212 Å². The minimum Gasteiger partial charge on any atom is -0.508 e. The van der Waals surface area contributed by atoms with E-state index in [0.717, 1.165) is 0 Å². The SMILES string of the molecule is CSCCC(NC(=O)C(NC(=O)C(N)CC(N)=O)C(C)O)C(=O)NC(Cc1ccc(O)cc1)C(=O)O. The van der Waals surface area contributed by atoms with Crippen LogP contribution in [0.4, 0.5) is 0 Å². The number of hydrogen-bond donors (Lipinski definition) is 8. The molecule has 0 aromatic heterocycles. The van der Waals surface area contributed by atoms with Crippen LogP contribution in [-0.2, 0) is 30.4 Å². The van der Waals surface area contributed by atoms with Crippen molar-refractivity contribution in [1.82, 2.24) is 16.0 Å². The molecule has 0 aliphatic heterocycles. The summed E-state index contributed by atoms with van der Waals surface area (Å²) < 4.78 is 0. The van der Waals surface area contributed by atoms with Gasteiger partial charge in [-0.05, 0) is 43.0 Å². The summed E-state index contributed by atoms with van der Waals surface area (Å²) in [5.74, 6) is -4.28. The van der Waals surface area contributed by atoms with Crippen LogP contribution in [0.1, 0.15) is 25.3 Å². The van der Waals surface area contributed by atoms with Gasteiger partial charge in [-0.25, -0.2) is 4.79 Å². The van der Waals surface area contributed by atoms with E-state index >= 15 is 0 Å².